The van der Waals surface area contributed by atoms with Gasteiger partial charge in [0.15, 0.2) is 0 Å². The zero-order valence-corrected chi connectivity index (χ0v) is 27.7. The molecule has 0 spiro atoms. The normalized spacial score (nSPS) is 14.0. The van der Waals surface area contributed by atoms with Crippen LogP contribution in [0.1, 0.15) is 70.5 Å². The van der Waals surface area contributed by atoms with Gasteiger partial charge in [0.25, 0.3) is 11.8 Å². The van der Waals surface area contributed by atoms with Crippen molar-refractivity contribution in [2.24, 2.45) is 0 Å². The van der Waals surface area contributed by atoms with E-state index in [0.717, 1.165) is 16.9 Å². The third kappa shape index (κ3) is 10.2. The molecule has 0 bridgehead atoms. The van der Waals surface area contributed by atoms with E-state index >= 15 is 0 Å². The molecule has 0 saturated heterocycles. The minimum Gasteiger partial charge on any atom is -0.497 e. The topological polar surface area (TPSA) is 159 Å². The maximum Gasteiger partial charge on any atom is 0.251 e. The second-order valence-electron chi connectivity index (χ2n) is 11.3. The molecule has 1 heterocycles. The first-order valence-corrected chi connectivity index (χ1v) is 17.0. The highest BCUT2D eigenvalue weighted by molar-refractivity contribution is 7.92. The highest BCUT2D eigenvalue weighted by atomic mass is 32.2. The number of hydrogen-bond acceptors (Lipinski definition) is 8. The van der Waals surface area contributed by atoms with E-state index in [-0.39, 0.29) is 35.2 Å². The van der Waals surface area contributed by atoms with E-state index in [0.29, 0.717) is 12.2 Å². The summed E-state index contributed by atoms with van der Waals surface area (Å²) in [6, 6.07) is 23.3. The van der Waals surface area contributed by atoms with Crippen molar-refractivity contribution in [1.82, 2.24) is 16.0 Å². The van der Waals surface area contributed by atoms with Crippen LogP contribution in [-0.4, -0.2) is 56.9 Å². The number of benzene rings is 3. The number of amides is 2. The van der Waals surface area contributed by atoms with Gasteiger partial charge in [-0.25, -0.2) is 8.42 Å². The third-order valence-corrected chi connectivity index (χ3v) is 9.04. The zero-order chi connectivity index (χ0) is 34.0. The number of carbonyl (C=O) groups is 2. The van der Waals surface area contributed by atoms with Gasteiger partial charge in [-0.15, -0.1) is 0 Å². The van der Waals surface area contributed by atoms with Gasteiger partial charge in [-0.1, -0.05) is 42.5 Å². The van der Waals surface area contributed by atoms with Crippen LogP contribution in [0.4, 0.5) is 5.69 Å². The van der Waals surface area contributed by atoms with Crippen LogP contribution in [0, 0.1) is 0 Å². The number of ether oxygens (including phenoxy) is 1. The van der Waals surface area contributed by atoms with E-state index < -0.39 is 40.0 Å². The van der Waals surface area contributed by atoms with Crippen molar-refractivity contribution < 1.29 is 32.3 Å². The number of rotatable bonds is 16. The fourth-order valence-corrected chi connectivity index (χ4v) is 5.58. The van der Waals surface area contributed by atoms with Crippen LogP contribution >= 0.6 is 0 Å². The van der Waals surface area contributed by atoms with Crippen LogP contribution in [0.3, 0.4) is 0 Å². The molecule has 3 aromatic carbocycles. The Hall–Kier alpha value is -4.65. The first-order valence-electron chi connectivity index (χ1n) is 15.4. The maximum atomic E-state index is 13.8. The molecule has 2 amide bonds. The van der Waals surface area contributed by atoms with Crippen LogP contribution < -0.4 is 25.4 Å². The van der Waals surface area contributed by atoms with Crippen LogP contribution in [-0.2, 0) is 16.4 Å². The molecule has 47 heavy (non-hydrogen) atoms. The Morgan fingerprint density at radius 3 is 2.21 bits per heavy atom. The van der Waals surface area contributed by atoms with Crippen LogP contribution in [0.15, 0.2) is 95.6 Å². The number of sulfonamides is 1. The predicted octanol–water partition coefficient (Wildman–Crippen LogP) is 4.59. The number of anilines is 1. The molecule has 4 atom stereocenters. The van der Waals surface area contributed by atoms with E-state index in [9.17, 15) is 23.1 Å². The lowest BCUT2D eigenvalue weighted by molar-refractivity contribution is 0.0825. The first-order chi connectivity index (χ1) is 22.5. The number of furan rings is 1. The second kappa shape index (κ2) is 16.3. The first kappa shape index (κ1) is 35.2. The van der Waals surface area contributed by atoms with E-state index in [4.69, 9.17) is 9.15 Å². The Morgan fingerprint density at radius 2 is 1.57 bits per heavy atom. The number of carbonyl (C=O) groups excluding carboxylic acids is 2. The van der Waals surface area contributed by atoms with E-state index in [1.165, 1.54) is 31.4 Å². The molecule has 0 fully saturated rings. The molecular weight excluding hydrogens is 620 g/mol. The Labute approximate surface area is 275 Å². The van der Waals surface area contributed by atoms with Gasteiger partial charge in [0.05, 0.1) is 43.0 Å². The SMILES string of the molecule is CCS(=O)(=O)Nc1cc(C(=O)NC(C)c2ccco2)cc(C(=O)N[C@@H](Cc2ccccc2)[C@H](O)CN[C@H](C)c2cccc(OC)c2)c1. The van der Waals surface area contributed by atoms with Crippen molar-refractivity contribution in [1.29, 1.82) is 0 Å². The van der Waals surface area contributed by atoms with Crippen molar-refractivity contribution in [2.45, 2.75) is 51.4 Å². The fourth-order valence-electron chi connectivity index (χ4n) is 4.96. The summed E-state index contributed by atoms with van der Waals surface area (Å²) in [4.78, 5) is 27.0. The van der Waals surface area contributed by atoms with Crippen LogP contribution in [0.25, 0.3) is 0 Å². The second-order valence-corrected chi connectivity index (χ2v) is 13.3. The standard InChI is InChI=1S/C35H42N4O7S/c1-5-47(43,44)39-29-19-27(34(41)37-24(3)33-15-10-16-46-33)18-28(20-29)35(42)38-31(17-25-11-7-6-8-12-25)32(40)22-36-23(2)26-13-9-14-30(21-26)45-4/h6-16,18-21,23-24,31-32,36,39-40H,5,17,22H2,1-4H3,(H,37,41)(H,38,42)/t23-,24?,31+,32-/m1/s1. The maximum absolute atomic E-state index is 13.8. The van der Waals surface area contributed by atoms with Gasteiger partial charge >= 0.3 is 0 Å². The molecule has 1 aromatic heterocycles. The van der Waals surface area contributed by atoms with Gasteiger partial charge in [-0.3, -0.25) is 14.3 Å². The Kier molecular flexibility index (Phi) is 12.2. The molecule has 0 aliphatic rings. The highest BCUT2D eigenvalue weighted by Gasteiger charge is 2.25. The summed E-state index contributed by atoms with van der Waals surface area (Å²) >= 11 is 0. The zero-order valence-electron chi connectivity index (χ0n) is 26.9. The number of hydrogen-bond donors (Lipinski definition) is 5. The van der Waals surface area contributed by atoms with Gasteiger partial charge in [-0.05, 0) is 80.8 Å². The number of aliphatic hydroxyl groups is 1. The van der Waals surface area contributed by atoms with Crippen molar-refractivity contribution in [3.8, 4) is 5.75 Å². The highest BCUT2D eigenvalue weighted by Crippen LogP contribution is 2.21. The van der Waals surface area contributed by atoms with Gasteiger partial charge in [0.2, 0.25) is 10.0 Å². The molecular formula is C35H42N4O7S. The number of aliphatic hydroxyl groups excluding tert-OH is 1. The summed E-state index contributed by atoms with van der Waals surface area (Å²) in [6.07, 6.45) is 0.806. The summed E-state index contributed by atoms with van der Waals surface area (Å²) in [6.45, 7) is 5.35. The van der Waals surface area contributed by atoms with Gasteiger partial charge in [0, 0.05) is 23.7 Å². The van der Waals surface area contributed by atoms with Gasteiger partial charge in [0.1, 0.15) is 11.5 Å². The van der Waals surface area contributed by atoms with Crippen molar-refractivity contribution in [2.75, 3.05) is 24.1 Å². The average molecular weight is 663 g/mol. The molecule has 11 nitrogen and oxygen atoms in total. The molecule has 1 unspecified atom stereocenters. The molecule has 250 valence electrons. The summed E-state index contributed by atoms with van der Waals surface area (Å²) in [7, 11) is -2.12. The Bertz CT molecular complexity index is 1730. The summed E-state index contributed by atoms with van der Waals surface area (Å²) in [5, 5.41) is 20.4. The Morgan fingerprint density at radius 1 is 0.872 bits per heavy atom. The number of methoxy groups -OCH3 is 1. The summed E-state index contributed by atoms with van der Waals surface area (Å²) in [5.41, 5.74) is 2.04. The summed E-state index contributed by atoms with van der Waals surface area (Å²) < 4.78 is 38.0. The fraction of sp³-hybridized carbons (Fsp3) is 0.314. The lowest BCUT2D eigenvalue weighted by Crippen LogP contribution is -2.49. The number of nitrogens with one attached hydrogen (secondary N) is 4. The average Bonchev–Trinajstić information content (AvgIpc) is 3.62. The monoisotopic (exact) mass is 662 g/mol. The van der Waals surface area contributed by atoms with E-state index in [1.807, 2.05) is 61.5 Å². The van der Waals surface area contributed by atoms with Crippen molar-refractivity contribution >= 4 is 27.5 Å². The van der Waals surface area contributed by atoms with Gasteiger partial charge < -0.3 is 30.2 Å². The Balaban J connectivity index is 1.57. The molecule has 4 rings (SSSR count). The van der Waals surface area contributed by atoms with Crippen molar-refractivity contribution in [3.05, 3.63) is 119 Å². The van der Waals surface area contributed by atoms with Crippen LogP contribution in [0.2, 0.25) is 0 Å². The van der Waals surface area contributed by atoms with E-state index in [1.54, 1.807) is 26.2 Å². The molecule has 0 radical (unpaired) electrons. The molecule has 5 N–H and O–H groups in total. The lowest BCUT2D eigenvalue weighted by Gasteiger charge is -2.26. The molecule has 12 heteroatoms. The molecule has 4 aromatic rings. The predicted molar refractivity (Wildman–Crippen MR) is 181 cm³/mol. The minimum atomic E-state index is -3.72. The largest absolute Gasteiger partial charge is 0.497 e. The lowest BCUT2D eigenvalue weighted by atomic mass is 9.99. The summed E-state index contributed by atoms with van der Waals surface area (Å²) in [5.74, 6) is -0.0646. The van der Waals surface area contributed by atoms with E-state index in [2.05, 4.69) is 20.7 Å². The van der Waals surface area contributed by atoms with Crippen molar-refractivity contribution in [3.63, 3.8) is 0 Å². The van der Waals surface area contributed by atoms with Gasteiger partial charge in [-0.2, -0.15) is 0 Å². The molecule has 0 aliphatic carbocycles. The smallest absolute Gasteiger partial charge is 0.251 e. The molecule has 0 aliphatic heterocycles. The minimum absolute atomic E-state index is 0.0417. The van der Waals surface area contributed by atoms with Crippen LogP contribution in [0.5, 0.6) is 5.75 Å². The third-order valence-electron chi connectivity index (χ3n) is 7.73. The quantitative estimate of drug-likeness (QED) is 0.117. The molecule has 0 saturated carbocycles.